The van der Waals surface area contributed by atoms with E-state index in [1.54, 1.807) is 0 Å². The van der Waals surface area contributed by atoms with Crippen molar-refractivity contribution in [2.45, 2.75) is 19.8 Å². The van der Waals surface area contributed by atoms with Crippen molar-refractivity contribution in [3.8, 4) is 5.75 Å². The van der Waals surface area contributed by atoms with Crippen molar-refractivity contribution in [3.63, 3.8) is 0 Å². The zero-order valence-corrected chi connectivity index (χ0v) is 10.6. The van der Waals surface area contributed by atoms with Crippen molar-refractivity contribution >= 4 is 11.6 Å². The van der Waals surface area contributed by atoms with E-state index >= 15 is 0 Å². The van der Waals surface area contributed by atoms with Crippen LogP contribution in [0.15, 0.2) is 24.3 Å². The Kier molecular flexibility index (Phi) is 4.59. The van der Waals surface area contributed by atoms with Crippen LogP contribution in [0.2, 0.25) is 0 Å². The second-order valence-electron chi connectivity index (χ2n) is 4.33. The number of amides is 1. The predicted molar refractivity (Wildman–Crippen MR) is 69.8 cm³/mol. The van der Waals surface area contributed by atoms with Gasteiger partial charge in [0.05, 0.1) is 6.61 Å². The third-order valence-electron chi connectivity index (χ3n) is 2.77. The average molecular weight is 249 g/mol. The van der Waals surface area contributed by atoms with E-state index < -0.39 is 0 Å². The van der Waals surface area contributed by atoms with Gasteiger partial charge >= 0.3 is 0 Å². The number of nitrogens with one attached hydrogen (secondary N) is 1. The number of rotatable bonds is 7. The van der Waals surface area contributed by atoms with Crippen LogP contribution >= 0.6 is 0 Å². The molecule has 0 bridgehead atoms. The molecule has 0 aliphatic heterocycles. The molecule has 1 saturated carbocycles. The molecule has 1 aromatic carbocycles. The van der Waals surface area contributed by atoms with Crippen LogP contribution in [0, 0.1) is 5.92 Å². The molecular weight excluding hydrogens is 230 g/mol. The summed E-state index contributed by atoms with van der Waals surface area (Å²) in [5.74, 6) is 1.14. The molecule has 0 heterocycles. The molecule has 1 aromatic rings. The maximum absolute atomic E-state index is 11.5. The molecule has 0 atom stereocenters. The van der Waals surface area contributed by atoms with Gasteiger partial charge in [0.25, 0.3) is 0 Å². The van der Waals surface area contributed by atoms with Gasteiger partial charge in [-0.15, -0.1) is 0 Å². The lowest BCUT2D eigenvalue weighted by atomic mass is 10.3. The Morgan fingerprint density at radius 2 is 2.00 bits per heavy atom. The van der Waals surface area contributed by atoms with Crippen LogP contribution in [0.25, 0.3) is 0 Å². The van der Waals surface area contributed by atoms with E-state index in [4.69, 9.17) is 9.47 Å². The zero-order valence-electron chi connectivity index (χ0n) is 10.6. The number of hydrogen-bond donors (Lipinski definition) is 1. The quantitative estimate of drug-likeness (QED) is 0.755. The topological polar surface area (TPSA) is 47.6 Å². The highest BCUT2D eigenvalue weighted by molar-refractivity contribution is 5.94. The van der Waals surface area contributed by atoms with E-state index in [0.29, 0.717) is 19.8 Å². The van der Waals surface area contributed by atoms with Crippen LogP contribution < -0.4 is 10.1 Å². The van der Waals surface area contributed by atoms with Crippen molar-refractivity contribution in [1.29, 1.82) is 0 Å². The summed E-state index contributed by atoms with van der Waals surface area (Å²) in [7, 11) is 0. The molecular formula is C14H19NO3. The van der Waals surface area contributed by atoms with Gasteiger partial charge in [-0.3, -0.25) is 4.79 Å². The van der Waals surface area contributed by atoms with E-state index in [1.165, 1.54) is 0 Å². The van der Waals surface area contributed by atoms with Crippen molar-refractivity contribution in [1.82, 2.24) is 0 Å². The molecule has 0 radical (unpaired) electrons. The lowest BCUT2D eigenvalue weighted by Gasteiger charge is -2.08. The van der Waals surface area contributed by atoms with Crippen LogP contribution in [0.1, 0.15) is 19.8 Å². The summed E-state index contributed by atoms with van der Waals surface area (Å²) in [5, 5.41) is 2.89. The number of hydrogen-bond acceptors (Lipinski definition) is 3. The summed E-state index contributed by atoms with van der Waals surface area (Å²) < 4.78 is 10.7. The Hall–Kier alpha value is -1.55. The molecule has 2 rings (SSSR count). The Morgan fingerprint density at radius 1 is 1.28 bits per heavy atom. The highest BCUT2D eigenvalue weighted by atomic mass is 16.5. The largest absolute Gasteiger partial charge is 0.491 e. The second-order valence-corrected chi connectivity index (χ2v) is 4.33. The minimum absolute atomic E-state index is 0.125. The molecule has 98 valence electrons. The van der Waals surface area contributed by atoms with Gasteiger partial charge in [0.15, 0.2) is 0 Å². The molecule has 1 N–H and O–H groups in total. The van der Waals surface area contributed by atoms with E-state index in [9.17, 15) is 4.79 Å². The van der Waals surface area contributed by atoms with E-state index in [-0.39, 0.29) is 11.8 Å². The molecule has 0 unspecified atom stereocenters. The van der Waals surface area contributed by atoms with E-state index in [2.05, 4.69) is 5.32 Å². The first-order chi connectivity index (χ1) is 8.79. The van der Waals surface area contributed by atoms with Gasteiger partial charge in [-0.2, -0.15) is 0 Å². The average Bonchev–Trinajstić information content (AvgIpc) is 3.21. The Balaban J connectivity index is 1.75. The standard InChI is InChI=1S/C14H19NO3/c1-2-17-9-10-18-13-7-5-12(6-8-13)15-14(16)11-3-4-11/h5-8,11H,2-4,9-10H2,1H3,(H,15,16). The normalized spacial score (nSPS) is 14.3. The summed E-state index contributed by atoms with van der Waals surface area (Å²) in [6.45, 7) is 3.80. The van der Waals surface area contributed by atoms with E-state index in [1.807, 2.05) is 31.2 Å². The van der Waals surface area contributed by atoms with Crippen molar-refractivity contribution in [2.24, 2.45) is 5.92 Å². The molecule has 1 aliphatic carbocycles. The highest BCUT2D eigenvalue weighted by Gasteiger charge is 2.29. The summed E-state index contributed by atoms with van der Waals surface area (Å²) >= 11 is 0. The molecule has 4 nitrogen and oxygen atoms in total. The summed E-state index contributed by atoms with van der Waals surface area (Å²) in [5.41, 5.74) is 0.823. The van der Waals surface area contributed by atoms with Gasteiger partial charge in [0.1, 0.15) is 12.4 Å². The third-order valence-corrected chi connectivity index (χ3v) is 2.77. The Bertz CT molecular complexity index is 385. The molecule has 4 heteroatoms. The highest BCUT2D eigenvalue weighted by Crippen LogP contribution is 2.30. The summed E-state index contributed by atoms with van der Waals surface area (Å²) in [6, 6.07) is 7.43. The second kappa shape index (κ2) is 6.40. The first kappa shape index (κ1) is 12.9. The number of benzene rings is 1. The molecule has 0 spiro atoms. The van der Waals surface area contributed by atoms with Gasteiger partial charge < -0.3 is 14.8 Å². The Labute approximate surface area is 107 Å². The van der Waals surface area contributed by atoms with Gasteiger partial charge in [0.2, 0.25) is 5.91 Å². The molecule has 1 aliphatic rings. The molecule has 18 heavy (non-hydrogen) atoms. The minimum atomic E-state index is 0.125. The maximum atomic E-state index is 11.5. The Morgan fingerprint density at radius 3 is 2.61 bits per heavy atom. The third kappa shape index (κ3) is 4.04. The van der Waals surface area contributed by atoms with Crippen LogP contribution in [-0.4, -0.2) is 25.7 Å². The predicted octanol–water partition coefficient (Wildman–Crippen LogP) is 2.45. The van der Waals surface area contributed by atoms with Crippen molar-refractivity contribution in [3.05, 3.63) is 24.3 Å². The lowest BCUT2D eigenvalue weighted by molar-refractivity contribution is -0.117. The molecule has 1 fully saturated rings. The van der Waals surface area contributed by atoms with Crippen LogP contribution in [-0.2, 0) is 9.53 Å². The van der Waals surface area contributed by atoms with Crippen LogP contribution in [0.3, 0.4) is 0 Å². The first-order valence-electron chi connectivity index (χ1n) is 6.41. The first-order valence-corrected chi connectivity index (χ1v) is 6.41. The van der Waals surface area contributed by atoms with Crippen LogP contribution in [0.4, 0.5) is 5.69 Å². The maximum Gasteiger partial charge on any atom is 0.227 e. The fourth-order valence-corrected chi connectivity index (χ4v) is 1.59. The molecule has 1 amide bonds. The number of carbonyl (C=O) groups is 1. The number of carbonyl (C=O) groups excluding carboxylic acids is 1. The zero-order chi connectivity index (χ0) is 12.8. The van der Waals surface area contributed by atoms with Gasteiger partial charge in [0, 0.05) is 18.2 Å². The fraction of sp³-hybridized carbons (Fsp3) is 0.500. The van der Waals surface area contributed by atoms with E-state index in [0.717, 1.165) is 24.3 Å². The van der Waals surface area contributed by atoms with Gasteiger partial charge in [-0.25, -0.2) is 0 Å². The monoisotopic (exact) mass is 249 g/mol. The van der Waals surface area contributed by atoms with Gasteiger partial charge in [-0.05, 0) is 44.0 Å². The van der Waals surface area contributed by atoms with Gasteiger partial charge in [-0.1, -0.05) is 0 Å². The molecule has 0 saturated heterocycles. The van der Waals surface area contributed by atoms with Crippen molar-refractivity contribution in [2.75, 3.05) is 25.1 Å². The molecule has 0 aromatic heterocycles. The summed E-state index contributed by atoms with van der Waals surface area (Å²) in [4.78, 5) is 11.5. The smallest absolute Gasteiger partial charge is 0.227 e. The van der Waals surface area contributed by atoms with Crippen LogP contribution in [0.5, 0.6) is 5.75 Å². The number of anilines is 1. The van der Waals surface area contributed by atoms with Crippen molar-refractivity contribution < 1.29 is 14.3 Å². The SMILES string of the molecule is CCOCCOc1ccc(NC(=O)C2CC2)cc1. The number of ether oxygens (including phenoxy) is 2. The minimum Gasteiger partial charge on any atom is -0.491 e. The lowest BCUT2D eigenvalue weighted by Crippen LogP contribution is -2.13. The summed E-state index contributed by atoms with van der Waals surface area (Å²) in [6.07, 6.45) is 2.04. The fourth-order valence-electron chi connectivity index (χ4n) is 1.59.